The minimum Gasteiger partial charge on any atom is -0.338 e. The van der Waals surface area contributed by atoms with Gasteiger partial charge >= 0.3 is 0 Å². The van der Waals surface area contributed by atoms with E-state index in [-0.39, 0.29) is 11.8 Å². The number of hydrogen-bond donors (Lipinski definition) is 0. The van der Waals surface area contributed by atoms with Crippen LogP contribution in [0.4, 0.5) is 0 Å². The van der Waals surface area contributed by atoms with Gasteiger partial charge in [-0.15, -0.1) is 11.3 Å². The molecule has 0 saturated carbocycles. The second-order valence-corrected chi connectivity index (χ2v) is 9.77. The van der Waals surface area contributed by atoms with Crippen molar-refractivity contribution in [3.05, 3.63) is 56.2 Å². The van der Waals surface area contributed by atoms with Crippen LogP contribution in [0, 0.1) is 0 Å². The lowest BCUT2D eigenvalue weighted by Crippen LogP contribution is -2.34. The van der Waals surface area contributed by atoms with Crippen molar-refractivity contribution in [3.8, 4) is 0 Å². The van der Waals surface area contributed by atoms with E-state index in [0.29, 0.717) is 14.2 Å². The van der Waals surface area contributed by atoms with E-state index in [1.54, 1.807) is 31.3 Å². The first kappa shape index (κ1) is 19.2. The van der Waals surface area contributed by atoms with Gasteiger partial charge in [-0.05, 0) is 36.8 Å². The molecule has 2 rings (SSSR count). The molecule has 1 amide bonds. The fourth-order valence-corrected chi connectivity index (χ4v) is 5.16. The Morgan fingerprint density at radius 1 is 1.17 bits per heavy atom. The quantitative estimate of drug-likeness (QED) is 0.723. The van der Waals surface area contributed by atoms with Crippen LogP contribution >= 0.6 is 34.5 Å². The number of thiophene rings is 1. The van der Waals surface area contributed by atoms with Crippen LogP contribution in [0.15, 0.2) is 36.4 Å². The molecule has 130 valence electrons. The van der Waals surface area contributed by atoms with Gasteiger partial charge in [-0.25, -0.2) is 8.42 Å². The van der Waals surface area contributed by atoms with Gasteiger partial charge in [-0.3, -0.25) is 4.79 Å². The van der Waals surface area contributed by atoms with Gasteiger partial charge in [0.25, 0.3) is 0 Å². The molecule has 1 atom stereocenters. The van der Waals surface area contributed by atoms with Gasteiger partial charge in [-0.1, -0.05) is 35.3 Å². The molecule has 24 heavy (non-hydrogen) atoms. The third-order valence-electron chi connectivity index (χ3n) is 3.66. The van der Waals surface area contributed by atoms with Crippen LogP contribution in [0.3, 0.4) is 0 Å². The van der Waals surface area contributed by atoms with Crippen molar-refractivity contribution < 1.29 is 13.2 Å². The maximum Gasteiger partial charge on any atom is 0.238 e. The largest absolute Gasteiger partial charge is 0.338 e. The summed E-state index contributed by atoms with van der Waals surface area (Å²) < 4.78 is 25.0. The summed E-state index contributed by atoms with van der Waals surface area (Å²) >= 11 is 12.9. The van der Waals surface area contributed by atoms with E-state index in [1.807, 2.05) is 19.1 Å². The zero-order valence-corrected chi connectivity index (χ0v) is 16.3. The molecular formula is C16H17Cl2NO3S2. The van der Waals surface area contributed by atoms with Crippen molar-refractivity contribution in [2.75, 3.05) is 12.8 Å². The number of rotatable bonds is 6. The number of hydrogen-bond acceptors (Lipinski definition) is 4. The van der Waals surface area contributed by atoms with Crippen molar-refractivity contribution in [1.82, 2.24) is 4.90 Å². The van der Waals surface area contributed by atoms with Crippen molar-refractivity contribution in [2.24, 2.45) is 0 Å². The highest BCUT2D eigenvalue weighted by Gasteiger charge is 2.24. The fourth-order valence-electron chi connectivity index (χ4n) is 2.17. The van der Waals surface area contributed by atoms with Gasteiger partial charge in [0.05, 0.1) is 16.1 Å². The van der Waals surface area contributed by atoms with Gasteiger partial charge in [0.15, 0.2) is 9.84 Å². The van der Waals surface area contributed by atoms with E-state index in [0.717, 1.165) is 5.56 Å². The molecule has 1 heterocycles. The Labute approximate surface area is 155 Å². The summed E-state index contributed by atoms with van der Waals surface area (Å²) in [7, 11) is -1.95. The lowest BCUT2D eigenvalue weighted by Gasteiger charge is -2.25. The molecule has 1 aromatic heterocycles. The molecule has 0 spiro atoms. The second kappa shape index (κ2) is 7.87. The van der Waals surface area contributed by atoms with Crippen LogP contribution in [0.25, 0.3) is 0 Å². The van der Waals surface area contributed by atoms with Crippen molar-refractivity contribution >= 4 is 50.3 Å². The highest BCUT2D eigenvalue weighted by molar-refractivity contribution is 7.91. The molecule has 2 aromatic rings. The molecule has 0 N–H and O–H groups in total. The predicted octanol–water partition coefficient (Wildman–Crippen LogP) is 4.19. The van der Waals surface area contributed by atoms with Gasteiger partial charge in [-0.2, -0.15) is 0 Å². The Balaban J connectivity index is 2.03. The van der Waals surface area contributed by atoms with E-state index in [4.69, 9.17) is 23.2 Å². The normalized spacial score (nSPS) is 12.8. The van der Waals surface area contributed by atoms with Gasteiger partial charge < -0.3 is 4.90 Å². The molecule has 0 aliphatic heterocycles. The average molecular weight is 406 g/mol. The molecule has 0 aliphatic rings. The van der Waals surface area contributed by atoms with Crippen LogP contribution in [-0.4, -0.2) is 32.0 Å². The van der Waals surface area contributed by atoms with Gasteiger partial charge in [0, 0.05) is 16.9 Å². The maximum atomic E-state index is 12.3. The fraction of sp³-hybridized carbons (Fsp3) is 0.312. The smallest absolute Gasteiger partial charge is 0.238 e. The minimum absolute atomic E-state index is 0.181. The monoisotopic (exact) mass is 405 g/mol. The zero-order valence-electron chi connectivity index (χ0n) is 13.2. The summed E-state index contributed by atoms with van der Waals surface area (Å²) in [5, 5.41) is 0.608. The number of halogens is 2. The highest BCUT2D eigenvalue weighted by atomic mass is 35.5. The molecule has 0 aliphatic carbocycles. The number of sulfone groups is 1. The van der Waals surface area contributed by atoms with E-state index in [2.05, 4.69) is 0 Å². The minimum atomic E-state index is -3.55. The Morgan fingerprint density at radius 2 is 1.79 bits per heavy atom. The van der Waals surface area contributed by atoms with Crippen LogP contribution in [0.5, 0.6) is 0 Å². The molecule has 0 bridgehead atoms. The van der Waals surface area contributed by atoms with Crippen LogP contribution in [0.2, 0.25) is 9.36 Å². The predicted molar refractivity (Wildman–Crippen MR) is 99.5 cm³/mol. The molecule has 8 heteroatoms. The Morgan fingerprint density at radius 3 is 2.33 bits per heavy atom. The van der Waals surface area contributed by atoms with Crippen molar-refractivity contribution in [2.45, 2.75) is 18.7 Å². The molecule has 0 saturated heterocycles. The van der Waals surface area contributed by atoms with Crippen LogP contribution < -0.4 is 0 Å². The molecule has 0 radical (unpaired) electrons. The number of nitrogens with zero attached hydrogens (tertiary/aromatic N) is 1. The molecule has 1 unspecified atom stereocenters. The number of carbonyl (C=O) groups excluding carboxylic acids is 1. The second-order valence-electron chi connectivity index (χ2n) is 5.47. The third kappa shape index (κ3) is 5.21. The average Bonchev–Trinajstić information content (AvgIpc) is 2.90. The van der Waals surface area contributed by atoms with E-state index in [9.17, 15) is 13.2 Å². The van der Waals surface area contributed by atoms with Crippen LogP contribution in [0.1, 0.15) is 23.4 Å². The van der Waals surface area contributed by atoms with Crippen molar-refractivity contribution in [3.63, 3.8) is 0 Å². The number of amides is 1. The molecule has 0 fully saturated rings. The summed E-state index contributed by atoms with van der Waals surface area (Å²) in [5.41, 5.74) is 0.887. The summed E-state index contributed by atoms with van der Waals surface area (Å²) in [6.07, 6.45) is 0. The highest BCUT2D eigenvalue weighted by Crippen LogP contribution is 2.24. The summed E-state index contributed by atoms with van der Waals surface area (Å²) in [5.74, 6) is -1.16. The topological polar surface area (TPSA) is 54.5 Å². The standard InChI is InChI=1S/C16H17Cl2NO3S2/c1-11(12-3-5-13(17)6-4-12)19(2)16(20)10-24(21,22)9-14-7-8-15(18)23-14/h3-8,11H,9-10H2,1-2H3. The Bertz CT molecular complexity index is 816. The lowest BCUT2D eigenvalue weighted by atomic mass is 10.1. The summed E-state index contributed by atoms with van der Waals surface area (Å²) in [6, 6.07) is 10.2. The maximum absolute atomic E-state index is 12.3. The Kier molecular flexibility index (Phi) is 6.31. The summed E-state index contributed by atoms with van der Waals surface area (Å²) in [4.78, 5) is 14.4. The van der Waals surface area contributed by atoms with E-state index in [1.165, 1.54) is 16.2 Å². The summed E-state index contributed by atoms with van der Waals surface area (Å²) in [6.45, 7) is 1.84. The number of benzene rings is 1. The third-order valence-corrected chi connectivity index (χ3v) is 6.76. The van der Waals surface area contributed by atoms with E-state index >= 15 is 0 Å². The van der Waals surface area contributed by atoms with Gasteiger partial charge in [0.1, 0.15) is 5.75 Å². The molecule has 4 nitrogen and oxygen atoms in total. The first-order valence-electron chi connectivity index (χ1n) is 7.14. The zero-order chi connectivity index (χ0) is 17.9. The molecular weight excluding hydrogens is 389 g/mol. The molecule has 1 aromatic carbocycles. The van der Waals surface area contributed by atoms with Crippen LogP contribution in [-0.2, 0) is 20.4 Å². The Hall–Kier alpha value is -1.08. The van der Waals surface area contributed by atoms with Gasteiger partial charge in [0.2, 0.25) is 5.91 Å². The first-order chi connectivity index (χ1) is 11.2. The van der Waals surface area contributed by atoms with E-state index < -0.39 is 21.5 Å². The lowest BCUT2D eigenvalue weighted by molar-refractivity contribution is -0.129. The first-order valence-corrected chi connectivity index (χ1v) is 10.5. The SMILES string of the molecule is CC(c1ccc(Cl)cc1)N(C)C(=O)CS(=O)(=O)Cc1ccc(Cl)s1. The number of carbonyl (C=O) groups is 1. The van der Waals surface area contributed by atoms with Crippen molar-refractivity contribution in [1.29, 1.82) is 0 Å².